The van der Waals surface area contributed by atoms with Crippen molar-refractivity contribution in [2.45, 2.75) is 39.3 Å². The molecule has 7 nitrogen and oxygen atoms in total. The van der Waals surface area contributed by atoms with Gasteiger partial charge in [-0.15, -0.1) is 0 Å². The molecule has 0 amide bonds. The number of aryl methyl sites for hydroxylation is 1. The maximum atomic E-state index is 12.3. The van der Waals surface area contributed by atoms with Crippen LogP contribution in [0.5, 0.6) is 5.88 Å². The van der Waals surface area contributed by atoms with E-state index in [-0.39, 0.29) is 23.5 Å². The van der Waals surface area contributed by atoms with Crippen LogP contribution in [0.25, 0.3) is 0 Å². The van der Waals surface area contributed by atoms with E-state index in [1.54, 1.807) is 13.0 Å². The lowest BCUT2D eigenvalue weighted by Crippen LogP contribution is -2.34. The Bertz CT molecular complexity index is 1050. The number of anilines is 1. The van der Waals surface area contributed by atoms with Gasteiger partial charge in [0.05, 0.1) is 11.6 Å². The van der Waals surface area contributed by atoms with E-state index < -0.39 is 13.0 Å². The fraction of sp³-hybridized carbons (Fsp3) is 0.429. The van der Waals surface area contributed by atoms with Crippen molar-refractivity contribution in [3.63, 3.8) is 0 Å². The summed E-state index contributed by atoms with van der Waals surface area (Å²) in [5, 5.41) is 21.6. The summed E-state index contributed by atoms with van der Waals surface area (Å²) in [6.07, 6.45) is -2.55. The molecule has 0 radical (unpaired) electrons. The summed E-state index contributed by atoms with van der Waals surface area (Å²) in [7, 11) is 0. The second kappa shape index (κ2) is 9.86. The minimum atomic E-state index is -2.55. The number of fused-ring (bicyclic) bond motifs is 1. The smallest absolute Gasteiger partial charge is 0.272 e. The highest BCUT2D eigenvalue weighted by molar-refractivity contribution is 6.30. The minimum Gasteiger partial charge on any atom is -0.472 e. The average molecular weight is 447 g/mol. The molecule has 0 fully saturated rings. The summed E-state index contributed by atoms with van der Waals surface area (Å²) in [6, 6.07) is 7.58. The number of rotatable bonds is 7. The van der Waals surface area contributed by atoms with Gasteiger partial charge in [0.1, 0.15) is 23.6 Å². The predicted molar refractivity (Wildman–Crippen MR) is 111 cm³/mol. The third kappa shape index (κ3) is 5.19. The summed E-state index contributed by atoms with van der Waals surface area (Å²) in [6.45, 7) is 4.96. The van der Waals surface area contributed by atoms with Gasteiger partial charge in [-0.1, -0.05) is 24.6 Å². The molecular weight excluding hydrogens is 426 g/mol. The van der Waals surface area contributed by atoms with Crippen molar-refractivity contribution in [2.24, 2.45) is 0 Å². The number of hydrogen-bond donors (Lipinski definition) is 1. The maximum Gasteiger partial charge on any atom is 0.272 e. The molecule has 2 aromatic rings. The first-order chi connectivity index (χ1) is 14.8. The molecule has 10 heteroatoms. The quantitative estimate of drug-likeness (QED) is 0.506. The third-order valence-electron chi connectivity index (χ3n) is 5.07. The largest absolute Gasteiger partial charge is 0.472 e. The highest BCUT2D eigenvalue weighted by Crippen LogP contribution is 2.37. The van der Waals surface area contributed by atoms with Crippen LogP contribution in [0.3, 0.4) is 0 Å². The van der Waals surface area contributed by atoms with Crippen molar-refractivity contribution in [1.82, 2.24) is 14.9 Å². The Hall–Kier alpha value is -3.01. The molecule has 0 spiro atoms. The van der Waals surface area contributed by atoms with Gasteiger partial charge in [0.15, 0.2) is 6.61 Å². The molecule has 2 aromatic heterocycles. The molecule has 162 valence electrons. The number of nitrogens with one attached hydrogen (secondary N) is 1. The van der Waals surface area contributed by atoms with Crippen LogP contribution in [0.4, 0.5) is 14.6 Å². The van der Waals surface area contributed by atoms with Crippen molar-refractivity contribution in [3.05, 3.63) is 45.2 Å². The Kier molecular flexibility index (Phi) is 7.21. The van der Waals surface area contributed by atoms with Gasteiger partial charge in [-0.2, -0.15) is 10.5 Å². The Balaban J connectivity index is 1.85. The summed E-state index contributed by atoms with van der Waals surface area (Å²) >= 11 is 6.22. The molecule has 3 heterocycles. The van der Waals surface area contributed by atoms with Crippen LogP contribution in [-0.4, -0.2) is 41.0 Å². The molecule has 3 rings (SSSR count). The van der Waals surface area contributed by atoms with Crippen LogP contribution in [0.2, 0.25) is 5.15 Å². The maximum absolute atomic E-state index is 12.3. The molecule has 1 aliphatic rings. The topological polar surface area (TPSA) is 97.9 Å². The highest BCUT2D eigenvalue weighted by atomic mass is 35.5. The zero-order chi connectivity index (χ0) is 22.5. The fourth-order valence-corrected chi connectivity index (χ4v) is 4.01. The van der Waals surface area contributed by atoms with E-state index in [2.05, 4.69) is 26.3 Å². The van der Waals surface area contributed by atoms with Crippen LogP contribution in [0.15, 0.2) is 12.1 Å². The van der Waals surface area contributed by atoms with Gasteiger partial charge < -0.3 is 10.1 Å². The minimum absolute atomic E-state index is 0.0171. The van der Waals surface area contributed by atoms with Crippen LogP contribution >= 0.6 is 11.6 Å². The molecule has 1 N–H and O–H groups in total. The molecule has 0 saturated carbocycles. The summed E-state index contributed by atoms with van der Waals surface area (Å²) in [4.78, 5) is 10.8. The van der Waals surface area contributed by atoms with Crippen LogP contribution < -0.4 is 10.1 Å². The summed E-state index contributed by atoms with van der Waals surface area (Å²) < 4.78 is 29.7. The van der Waals surface area contributed by atoms with Gasteiger partial charge >= 0.3 is 0 Å². The summed E-state index contributed by atoms with van der Waals surface area (Å²) in [5.74, 6) is 0.686. The van der Waals surface area contributed by atoms with E-state index in [1.807, 2.05) is 19.1 Å². The zero-order valence-electron chi connectivity index (χ0n) is 17.1. The van der Waals surface area contributed by atoms with Crippen LogP contribution in [-0.2, 0) is 13.1 Å². The second-order valence-corrected chi connectivity index (χ2v) is 7.67. The number of alkyl halides is 2. The van der Waals surface area contributed by atoms with Crippen LogP contribution in [0.1, 0.15) is 40.8 Å². The van der Waals surface area contributed by atoms with Gasteiger partial charge in [-0.3, -0.25) is 4.90 Å². The highest BCUT2D eigenvalue weighted by Gasteiger charge is 2.30. The van der Waals surface area contributed by atoms with E-state index in [0.717, 1.165) is 16.7 Å². The lowest BCUT2D eigenvalue weighted by molar-refractivity contribution is 0.0795. The van der Waals surface area contributed by atoms with E-state index in [0.29, 0.717) is 36.7 Å². The molecule has 0 saturated heterocycles. The van der Waals surface area contributed by atoms with Gasteiger partial charge in [-0.05, 0) is 24.0 Å². The standard InChI is InChI=1S/C21H21ClF2N6O/c1-12-8-30(9-14-3-4-18(28-13(14)2)31-11-17(23)24)10-16-19(12)15(7-26)20(22)29-21(16)27-6-5-25/h3-4,12,17H,6,8-11H2,1-2H3,(H,27,29). The van der Waals surface area contributed by atoms with Crippen molar-refractivity contribution in [2.75, 3.05) is 25.0 Å². The van der Waals surface area contributed by atoms with Crippen molar-refractivity contribution < 1.29 is 13.5 Å². The number of ether oxygens (including phenoxy) is 1. The first-order valence-corrected chi connectivity index (χ1v) is 10.0. The van der Waals surface area contributed by atoms with Gasteiger partial charge in [0, 0.05) is 37.0 Å². The molecule has 31 heavy (non-hydrogen) atoms. The number of hydrogen-bond acceptors (Lipinski definition) is 7. The van der Waals surface area contributed by atoms with Crippen LogP contribution in [0, 0.1) is 29.6 Å². The van der Waals surface area contributed by atoms with E-state index in [1.165, 1.54) is 0 Å². The SMILES string of the molecule is Cc1nc(OCC(F)F)ccc1CN1Cc2c(NCC#N)nc(Cl)c(C#N)c2C(C)C1. The first-order valence-electron chi connectivity index (χ1n) is 9.67. The van der Waals surface area contributed by atoms with Crippen molar-refractivity contribution >= 4 is 17.4 Å². The third-order valence-corrected chi connectivity index (χ3v) is 5.34. The fourth-order valence-electron chi connectivity index (χ4n) is 3.78. The molecule has 0 aromatic carbocycles. The molecule has 0 aliphatic carbocycles. The van der Waals surface area contributed by atoms with E-state index in [4.69, 9.17) is 21.6 Å². The van der Waals surface area contributed by atoms with Crippen molar-refractivity contribution in [3.8, 4) is 18.0 Å². The summed E-state index contributed by atoms with van der Waals surface area (Å²) in [5.41, 5.74) is 3.70. The number of nitrogens with zero attached hydrogens (tertiary/aromatic N) is 5. The first kappa shape index (κ1) is 22.7. The lowest BCUT2D eigenvalue weighted by Gasteiger charge is -2.35. The Morgan fingerprint density at radius 3 is 2.77 bits per heavy atom. The number of halogens is 3. The van der Waals surface area contributed by atoms with Crippen molar-refractivity contribution in [1.29, 1.82) is 10.5 Å². The molecular formula is C21H21ClF2N6O. The predicted octanol–water partition coefficient (Wildman–Crippen LogP) is 4.01. The Labute approximate surface area is 184 Å². The number of pyridine rings is 2. The van der Waals surface area contributed by atoms with Gasteiger partial charge in [0.2, 0.25) is 5.88 Å². The molecule has 1 aliphatic heterocycles. The Morgan fingerprint density at radius 1 is 1.35 bits per heavy atom. The zero-order valence-corrected chi connectivity index (χ0v) is 17.9. The normalized spacial score (nSPS) is 15.8. The van der Waals surface area contributed by atoms with Gasteiger partial charge in [-0.25, -0.2) is 18.7 Å². The second-order valence-electron chi connectivity index (χ2n) is 7.31. The van der Waals surface area contributed by atoms with E-state index >= 15 is 0 Å². The lowest BCUT2D eigenvalue weighted by atomic mass is 9.88. The monoisotopic (exact) mass is 446 g/mol. The Morgan fingerprint density at radius 2 is 2.13 bits per heavy atom. The molecule has 1 unspecified atom stereocenters. The number of nitriles is 2. The number of aromatic nitrogens is 2. The van der Waals surface area contributed by atoms with Gasteiger partial charge in [0.25, 0.3) is 6.43 Å². The van der Waals surface area contributed by atoms with E-state index in [9.17, 15) is 14.0 Å². The molecule has 1 atom stereocenters. The average Bonchev–Trinajstić information content (AvgIpc) is 2.72. The molecule has 0 bridgehead atoms.